The first-order valence-electron chi connectivity index (χ1n) is 5.40. The summed E-state index contributed by atoms with van der Waals surface area (Å²) in [5.41, 5.74) is 5.57. The van der Waals surface area contributed by atoms with Gasteiger partial charge in [0, 0.05) is 6.04 Å². The van der Waals surface area contributed by atoms with Crippen molar-refractivity contribution in [1.29, 1.82) is 0 Å². The van der Waals surface area contributed by atoms with E-state index < -0.39 is 12.7 Å². The van der Waals surface area contributed by atoms with Crippen LogP contribution < -0.4 is 15.4 Å². The Morgan fingerprint density at radius 1 is 1.44 bits per heavy atom. The summed E-state index contributed by atoms with van der Waals surface area (Å²) in [6.45, 7) is -1.06. The van der Waals surface area contributed by atoms with Crippen LogP contribution in [0.25, 0.3) is 0 Å². The minimum Gasteiger partial charge on any atom is -0.490 e. The van der Waals surface area contributed by atoms with Gasteiger partial charge in [-0.1, -0.05) is 0 Å². The summed E-state index contributed by atoms with van der Waals surface area (Å²) in [7, 11) is 1.33. The van der Waals surface area contributed by atoms with Crippen LogP contribution in [0.2, 0.25) is 0 Å². The van der Waals surface area contributed by atoms with Gasteiger partial charge >= 0.3 is 6.18 Å². The fourth-order valence-corrected chi connectivity index (χ4v) is 1.73. The summed E-state index contributed by atoms with van der Waals surface area (Å²) in [4.78, 5) is 8.75. The summed E-state index contributed by atoms with van der Waals surface area (Å²) >= 11 is 0. The van der Waals surface area contributed by atoms with Crippen molar-refractivity contribution in [2.75, 3.05) is 24.3 Å². The molecule has 1 saturated carbocycles. The third kappa shape index (κ3) is 2.74. The van der Waals surface area contributed by atoms with Crippen LogP contribution in [-0.4, -0.2) is 35.8 Å². The second-order valence-corrected chi connectivity index (χ2v) is 4.09. The lowest BCUT2D eigenvalue weighted by Gasteiger charge is -2.26. The van der Waals surface area contributed by atoms with Gasteiger partial charge in [-0.3, -0.25) is 0 Å². The number of aromatic nitrogens is 2. The fraction of sp³-hybridized carbons (Fsp3) is 0.600. The van der Waals surface area contributed by atoms with E-state index in [1.807, 2.05) is 0 Å². The highest BCUT2D eigenvalue weighted by Crippen LogP contribution is 2.39. The van der Waals surface area contributed by atoms with Crippen molar-refractivity contribution in [3.8, 4) is 5.75 Å². The molecule has 2 N–H and O–H groups in total. The quantitative estimate of drug-likeness (QED) is 0.892. The molecule has 5 nitrogen and oxygen atoms in total. The number of nitrogens with zero attached hydrogens (tertiary/aromatic N) is 3. The van der Waals surface area contributed by atoms with Crippen LogP contribution in [-0.2, 0) is 0 Å². The predicted octanol–water partition coefficient (Wildman–Crippen LogP) is 1.60. The van der Waals surface area contributed by atoms with Gasteiger partial charge in [0.15, 0.2) is 11.6 Å². The van der Waals surface area contributed by atoms with Crippen LogP contribution >= 0.6 is 0 Å². The smallest absolute Gasteiger partial charge is 0.405 e. The lowest BCUT2D eigenvalue weighted by atomic mass is 10.3. The Morgan fingerprint density at radius 2 is 2.11 bits per heavy atom. The molecule has 100 valence electrons. The number of anilines is 2. The Morgan fingerprint density at radius 3 is 2.61 bits per heavy atom. The average Bonchev–Trinajstić information content (AvgIpc) is 3.08. The Kier molecular flexibility index (Phi) is 3.18. The van der Waals surface area contributed by atoms with E-state index in [0.29, 0.717) is 12.8 Å². The normalized spacial score (nSPS) is 15.6. The molecular formula is C10H13F3N4O. The molecular weight excluding hydrogens is 249 g/mol. The van der Waals surface area contributed by atoms with Crippen molar-refractivity contribution in [2.24, 2.45) is 0 Å². The summed E-state index contributed by atoms with van der Waals surface area (Å²) in [5, 5.41) is 0. The van der Waals surface area contributed by atoms with Crippen LogP contribution in [0.4, 0.5) is 24.8 Å². The summed E-state index contributed by atoms with van der Waals surface area (Å²) in [6, 6.07) is -0.158. The van der Waals surface area contributed by atoms with E-state index in [1.54, 1.807) is 0 Å². The molecule has 0 amide bonds. The van der Waals surface area contributed by atoms with E-state index in [9.17, 15) is 13.2 Å². The van der Waals surface area contributed by atoms with Crippen LogP contribution in [0.15, 0.2) is 6.33 Å². The zero-order valence-electron chi connectivity index (χ0n) is 9.74. The highest BCUT2D eigenvalue weighted by atomic mass is 19.4. The standard InChI is InChI=1S/C10H13F3N4O/c1-18-7-8(14)15-5-16-9(7)17(6-2-3-6)4-10(11,12)13/h5-6H,2-4H2,1H3,(H2,14,15,16). The van der Waals surface area contributed by atoms with Gasteiger partial charge in [-0.25, -0.2) is 9.97 Å². The fourth-order valence-electron chi connectivity index (χ4n) is 1.73. The monoisotopic (exact) mass is 262 g/mol. The second kappa shape index (κ2) is 4.51. The Labute approximate surface area is 102 Å². The van der Waals surface area contributed by atoms with Crippen LogP contribution in [0.3, 0.4) is 0 Å². The number of ether oxygens (including phenoxy) is 1. The maximum atomic E-state index is 12.6. The molecule has 0 bridgehead atoms. The van der Waals surface area contributed by atoms with Gasteiger partial charge in [0.1, 0.15) is 12.9 Å². The average molecular weight is 262 g/mol. The Balaban J connectivity index is 2.33. The molecule has 0 aromatic carbocycles. The molecule has 0 atom stereocenters. The summed E-state index contributed by atoms with van der Waals surface area (Å²) in [5.74, 6) is 0.230. The second-order valence-electron chi connectivity index (χ2n) is 4.09. The zero-order chi connectivity index (χ0) is 13.3. The molecule has 1 aromatic heterocycles. The van der Waals surface area contributed by atoms with E-state index in [2.05, 4.69) is 9.97 Å². The third-order valence-corrected chi connectivity index (χ3v) is 2.63. The number of alkyl halides is 3. The highest BCUT2D eigenvalue weighted by Gasteiger charge is 2.40. The first-order valence-corrected chi connectivity index (χ1v) is 5.40. The lowest BCUT2D eigenvalue weighted by molar-refractivity contribution is -0.120. The predicted molar refractivity (Wildman–Crippen MR) is 59.4 cm³/mol. The topological polar surface area (TPSA) is 64.3 Å². The molecule has 0 unspecified atom stereocenters. The number of methoxy groups -OCH3 is 1. The molecule has 2 rings (SSSR count). The van der Waals surface area contributed by atoms with Crippen molar-refractivity contribution in [1.82, 2.24) is 9.97 Å². The molecule has 8 heteroatoms. The maximum Gasteiger partial charge on any atom is 0.405 e. The van der Waals surface area contributed by atoms with Crippen molar-refractivity contribution in [3.63, 3.8) is 0 Å². The van der Waals surface area contributed by atoms with Crippen LogP contribution in [0.1, 0.15) is 12.8 Å². The molecule has 0 aliphatic heterocycles. The molecule has 0 spiro atoms. The maximum absolute atomic E-state index is 12.6. The molecule has 1 heterocycles. The largest absolute Gasteiger partial charge is 0.490 e. The van der Waals surface area contributed by atoms with Crippen molar-refractivity contribution in [2.45, 2.75) is 25.1 Å². The lowest BCUT2D eigenvalue weighted by Crippen LogP contribution is -2.37. The molecule has 0 radical (unpaired) electrons. The number of hydrogen-bond acceptors (Lipinski definition) is 5. The van der Waals surface area contributed by atoms with Gasteiger partial charge in [-0.05, 0) is 12.8 Å². The van der Waals surface area contributed by atoms with E-state index in [4.69, 9.17) is 10.5 Å². The molecule has 0 saturated heterocycles. The van der Waals surface area contributed by atoms with Crippen molar-refractivity contribution < 1.29 is 17.9 Å². The molecule has 18 heavy (non-hydrogen) atoms. The van der Waals surface area contributed by atoms with Crippen molar-refractivity contribution in [3.05, 3.63) is 6.33 Å². The molecule has 1 aliphatic carbocycles. The highest BCUT2D eigenvalue weighted by molar-refractivity contribution is 5.63. The van der Waals surface area contributed by atoms with Crippen molar-refractivity contribution >= 4 is 11.6 Å². The summed E-state index contributed by atoms with van der Waals surface area (Å²) < 4.78 is 42.7. The molecule has 1 aromatic rings. The first kappa shape index (κ1) is 12.7. The van der Waals surface area contributed by atoms with E-state index in [0.717, 1.165) is 6.33 Å². The van der Waals surface area contributed by atoms with Gasteiger partial charge < -0.3 is 15.4 Å². The number of halogens is 3. The van der Waals surface area contributed by atoms with Gasteiger partial charge in [-0.15, -0.1) is 0 Å². The Hall–Kier alpha value is -1.73. The van der Waals surface area contributed by atoms with E-state index >= 15 is 0 Å². The van der Waals surface area contributed by atoms with Gasteiger partial charge in [-0.2, -0.15) is 13.2 Å². The molecule has 1 fully saturated rings. The number of nitrogen functional groups attached to an aromatic ring is 1. The number of nitrogens with two attached hydrogens (primary N) is 1. The van der Waals surface area contributed by atoms with Crippen LogP contribution in [0, 0.1) is 0 Å². The number of rotatable bonds is 4. The Bertz CT molecular complexity index is 434. The summed E-state index contributed by atoms with van der Waals surface area (Å²) in [6.07, 6.45) is -1.74. The van der Waals surface area contributed by atoms with Crippen LogP contribution in [0.5, 0.6) is 5.75 Å². The first-order chi connectivity index (χ1) is 8.42. The number of hydrogen-bond donors (Lipinski definition) is 1. The van der Waals surface area contributed by atoms with E-state index in [1.165, 1.54) is 12.0 Å². The van der Waals surface area contributed by atoms with Gasteiger partial charge in [0.2, 0.25) is 5.75 Å². The van der Waals surface area contributed by atoms with E-state index in [-0.39, 0.29) is 23.4 Å². The van der Waals surface area contributed by atoms with Gasteiger partial charge in [0.05, 0.1) is 7.11 Å². The SMILES string of the molecule is COc1c(N)ncnc1N(CC(F)(F)F)C1CC1. The minimum atomic E-state index is -4.30. The third-order valence-electron chi connectivity index (χ3n) is 2.63. The minimum absolute atomic E-state index is 0.0373. The van der Waals surface area contributed by atoms with Gasteiger partial charge in [0.25, 0.3) is 0 Å². The molecule has 1 aliphatic rings. The zero-order valence-corrected chi connectivity index (χ0v) is 9.74.